The lowest BCUT2D eigenvalue weighted by molar-refractivity contribution is 0.160. The molecule has 0 saturated heterocycles. The molecule has 2 atom stereocenters. The lowest BCUT2D eigenvalue weighted by Crippen LogP contribution is -2.23. The number of benzene rings is 2. The fourth-order valence-electron chi connectivity index (χ4n) is 10.2. The molecule has 2 aromatic carbocycles. The Morgan fingerprint density at radius 3 is 1.22 bits per heavy atom. The van der Waals surface area contributed by atoms with Crippen LogP contribution in [0.25, 0.3) is 0 Å². The molecule has 49 heavy (non-hydrogen) atoms. The quantitative estimate of drug-likeness (QED) is 0.128. The highest BCUT2D eigenvalue weighted by atomic mass is 16.5. The Labute approximate surface area is 301 Å². The van der Waals surface area contributed by atoms with Crippen molar-refractivity contribution in [2.75, 3.05) is 13.2 Å². The number of ether oxygens (including phenoxy) is 1. The highest BCUT2D eigenvalue weighted by molar-refractivity contribution is 5.27. The van der Waals surface area contributed by atoms with E-state index in [1.807, 2.05) is 0 Å². The molecule has 4 aliphatic carbocycles. The van der Waals surface area contributed by atoms with Gasteiger partial charge in [0.2, 0.25) is 0 Å². The van der Waals surface area contributed by atoms with E-state index in [0.29, 0.717) is 0 Å². The summed E-state index contributed by atoms with van der Waals surface area (Å²) >= 11 is 0. The first-order chi connectivity index (χ1) is 24.2. The first kappa shape index (κ1) is 36.7. The number of hydrogen-bond acceptors (Lipinski definition) is 1. The van der Waals surface area contributed by atoms with Crippen LogP contribution in [0.15, 0.2) is 71.8 Å². The molecular formula is C48H70O. The van der Waals surface area contributed by atoms with Gasteiger partial charge in [0.05, 0.1) is 13.2 Å². The molecule has 0 heterocycles. The minimum absolute atomic E-state index is 0.789. The van der Waals surface area contributed by atoms with Crippen molar-refractivity contribution in [3.8, 4) is 0 Å². The molecule has 268 valence electrons. The van der Waals surface area contributed by atoms with Gasteiger partial charge in [0, 0.05) is 0 Å². The van der Waals surface area contributed by atoms with Gasteiger partial charge < -0.3 is 4.74 Å². The van der Waals surface area contributed by atoms with E-state index >= 15 is 0 Å². The number of rotatable bonds is 16. The van der Waals surface area contributed by atoms with Crippen LogP contribution in [0.1, 0.15) is 176 Å². The Kier molecular flexibility index (Phi) is 14.6. The molecule has 0 aliphatic heterocycles. The minimum Gasteiger partial charge on any atom is -0.373 e. The van der Waals surface area contributed by atoms with E-state index in [9.17, 15) is 0 Å². The number of hydrogen-bond donors (Lipinski definition) is 0. The van der Waals surface area contributed by atoms with E-state index in [4.69, 9.17) is 4.74 Å². The molecule has 0 N–H and O–H groups in total. The van der Waals surface area contributed by atoms with Crippen LogP contribution >= 0.6 is 0 Å². The second kappa shape index (κ2) is 19.5. The monoisotopic (exact) mass is 663 g/mol. The Morgan fingerprint density at radius 2 is 0.878 bits per heavy atom. The summed E-state index contributed by atoms with van der Waals surface area (Å²) in [6.07, 6.45) is 34.8. The predicted octanol–water partition coefficient (Wildman–Crippen LogP) is 13.9. The molecule has 2 saturated carbocycles. The number of aryl methyl sites for hydroxylation is 2. The van der Waals surface area contributed by atoms with Gasteiger partial charge in [-0.05, 0) is 184 Å². The van der Waals surface area contributed by atoms with Gasteiger partial charge in [-0.1, -0.05) is 100 Å². The highest BCUT2D eigenvalue weighted by Gasteiger charge is 2.31. The van der Waals surface area contributed by atoms with Crippen LogP contribution in [0.3, 0.4) is 0 Å². The van der Waals surface area contributed by atoms with Gasteiger partial charge in [0.25, 0.3) is 0 Å². The molecule has 0 radical (unpaired) electrons. The van der Waals surface area contributed by atoms with E-state index < -0.39 is 0 Å². The van der Waals surface area contributed by atoms with Gasteiger partial charge in [-0.15, -0.1) is 0 Å². The summed E-state index contributed by atoms with van der Waals surface area (Å²) in [5.74, 6) is 5.25. The molecular weight excluding hydrogens is 593 g/mol. The zero-order valence-electron chi connectivity index (χ0n) is 31.6. The largest absolute Gasteiger partial charge is 0.373 e. The second-order valence-corrected chi connectivity index (χ2v) is 16.9. The topological polar surface area (TPSA) is 9.23 Å². The van der Waals surface area contributed by atoms with Crippen molar-refractivity contribution in [1.82, 2.24) is 0 Å². The van der Waals surface area contributed by atoms with Gasteiger partial charge in [-0.25, -0.2) is 0 Å². The Bertz CT molecular complexity index is 1180. The molecule has 0 aromatic heterocycles. The molecule has 1 nitrogen and oxygen atoms in total. The van der Waals surface area contributed by atoms with Gasteiger partial charge >= 0.3 is 0 Å². The van der Waals surface area contributed by atoms with Crippen LogP contribution in [-0.4, -0.2) is 13.2 Å². The first-order valence-electron chi connectivity index (χ1n) is 21.3. The van der Waals surface area contributed by atoms with Crippen LogP contribution in [0.4, 0.5) is 0 Å². The molecule has 0 spiro atoms. The maximum absolute atomic E-state index is 6.33. The second-order valence-electron chi connectivity index (χ2n) is 16.9. The Balaban J connectivity index is 0.841. The standard InChI is InChI=1S/C48H70O/c1-3-5-7-9-37-11-19-41(20-12-37)45-27-31-47(32-28-45)43-23-15-39(16-24-43)35-49-36-40-17-25-44(26-18-40)48-33-29-46(30-34-48)42-21-13-38(14-22-42)10-8-6-4-2/h11-15,17,19-22,43-48H,3-10,16,18,23-36H2,1-2H3. The average molecular weight is 663 g/mol. The summed E-state index contributed by atoms with van der Waals surface area (Å²) in [5.41, 5.74) is 9.40. The highest BCUT2D eigenvalue weighted by Crippen LogP contribution is 2.44. The molecule has 6 rings (SSSR count). The van der Waals surface area contributed by atoms with Crippen molar-refractivity contribution in [2.24, 2.45) is 23.7 Å². The van der Waals surface area contributed by atoms with Gasteiger partial charge in [0.1, 0.15) is 0 Å². The third kappa shape index (κ3) is 10.9. The summed E-state index contributed by atoms with van der Waals surface area (Å²) in [5, 5.41) is 0. The SMILES string of the molecule is CCCCCc1ccc(C2CCC(C3CC=C(COCC4=CCC(C5CCC(c6ccc(CCCCC)cc6)CC5)CC4)CC3)CC2)cc1. The summed E-state index contributed by atoms with van der Waals surface area (Å²) in [6, 6.07) is 19.4. The third-order valence-electron chi connectivity index (χ3n) is 13.6. The Morgan fingerprint density at radius 1 is 0.469 bits per heavy atom. The van der Waals surface area contributed by atoms with Crippen LogP contribution in [-0.2, 0) is 17.6 Å². The summed E-state index contributed by atoms with van der Waals surface area (Å²) in [4.78, 5) is 0. The van der Waals surface area contributed by atoms with Crippen molar-refractivity contribution in [1.29, 1.82) is 0 Å². The van der Waals surface area contributed by atoms with E-state index in [-0.39, 0.29) is 0 Å². The molecule has 2 unspecified atom stereocenters. The van der Waals surface area contributed by atoms with Crippen LogP contribution < -0.4 is 0 Å². The number of allylic oxidation sites excluding steroid dienone is 2. The normalized spacial score (nSPS) is 27.8. The maximum atomic E-state index is 6.33. The van der Waals surface area contributed by atoms with Gasteiger partial charge in [0.15, 0.2) is 0 Å². The minimum atomic E-state index is 0.789. The molecule has 1 heteroatoms. The smallest absolute Gasteiger partial charge is 0.0681 e. The van der Waals surface area contributed by atoms with Crippen LogP contribution in [0.2, 0.25) is 0 Å². The van der Waals surface area contributed by atoms with E-state index in [1.165, 1.54) is 152 Å². The molecule has 2 fully saturated rings. The Hall–Kier alpha value is -2.12. The van der Waals surface area contributed by atoms with Crippen molar-refractivity contribution in [3.05, 3.63) is 94.1 Å². The molecule has 0 bridgehead atoms. The third-order valence-corrected chi connectivity index (χ3v) is 13.6. The van der Waals surface area contributed by atoms with Crippen molar-refractivity contribution >= 4 is 0 Å². The van der Waals surface area contributed by atoms with Crippen molar-refractivity contribution in [3.63, 3.8) is 0 Å². The van der Waals surface area contributed by atoms with E-state index in [2.05, 4.69) is 74.5 Å². The first-order valence-corrected chi connectivity index (χ1v) is 21.3. The summed E-state index contributed by atoms with van der Waals surface area (Å²) in [7, 11) is 0. The maximum Gasteiger partial charge on any atom is 0.0681 e. The molecule has 2 aromatic rings. The van der Waals surface area contributed by atoms with Crippen molar-refractivity contribution in [2.45, 2.75) is 167 Å². The fourth-order valence-corrected chi connectivity index (χ4v) is 10.2. The fraction of sp³-hybridized carbons (Fsp3) is 0.667. The van der Waals surface area contributed by atoms with E-state index in [0.717, 1.165) is 48.7 Å². The van der Waals surface area contributed by atoms with Gasteiger partial charge in [-0.2, -0.15) is 0 Å². The average Bonchev–Trinajstić information content (AvgIpc) is 3.16. The number of unbranched alkanes of at least 4 members (excludes halogenated alkanes) is 4. The molecule has 4 aliphatic rings. The lowest BCUT2D eigenvalue weighted by atomic mass is 9.70. The molecule has 0 amide bonds. The zero-order chi connectivity index (χ0) is 33.7. The van der Waals surface area contributed by atoms with E-state index in [1.54, 1.807) is 22.3 Å². The van der Waals surface area contributed by atoms with Crippen LogP contribution in [0.5, 0.6) is 0 Å². The predicted molar refractivity (Wildman–Crippen MR) is 210 cm³/mol. The zero-order valence-corrected chi connectivity index (χ0v) is 31.6. The van der Waals surface area contributed by atoms with Crippen LogP contribution in [0, 0.1) is 23.7 Å². The summed E-state index contributed by atoms with van der Waals surface area (Å²) < 4.78 is 6.33. The summed E-state index contributed by atoms with van der Waals surface area (Å²) in [6.45, 7) is 6.30. The lowest BCUT2D eigenvalue weighted by Gasteiger charge is -2.36. The van der Waals surface area contributed by atoms with Gasteiger partial charge in [-0.3, -0.25) is 0 Å². The van der Waals surface area contributed by atoms with Crippen molar-refractivity contribution < 1.29 is 4.74 Å².